The van der Waals surface area contributed by atoms with Gasteiger partial charge in [0.15, 0.2) is 11.6 Å². The van der Waals surface area contributed by atoms with E-state index in [0.717, 1.165) is 12.1 Å². The molecule has 1 heterocycles. The third kappa shape index (κ3) is 3.84. The van der Waals surface area contributed by atoms with Gasteiger partial charge in [-0.1, -0.05) is 0 Å². The van der Waals surface area contributed by atoms with Crippen LogP contribution in [0.5, 0.6) is 0 Å². The van der Waals surface area contributed by atoms with E-state index in [9.17, 15) is 18.0 Å². The number of halogens is 3. The molecule has 4 nitrogen and oxygen atoms in total. The molecule has 0 saturated carbocycles. The molecule has 7 heteroatoms. The van der Waals surface area contributed by atoms with Gasteiger partial charge in [0.1, 0.15) is 17.1 Å². The summed E-state index contributed by atoms with van der Waals surface area (Å²) in [6.45, 7) is 5.73. The second-order valence-electron chi connectivity index (χ2n) is 6.27. The molecule has 1 aliphatic rings. The summed E-state index contributed by atoms with van der Waals surface area (Å²) < 4.78 is 45.9. The van der Waals surface area contributed by atoms with Gasteiger partial charge in [-0.25, -0.2) is 18.0 Å². The van der Waals surface area contributed by atoms with Gasteiger partial charge >= 0.3 is 6.09 Å². The molecule has 1 N–H and O–H groups in total. The Morgan fingerprint density at radius 3 is 2.55 bits per heavy atom. The third-order valence-corrected chi connectivity index (χ3v) is 3.25. The fraction of sp³-hybridized carbons (Fsp3) is 0.533. The summed E-state index contributed by atoms with van der Waals surface area (Å²) in [4.78, 5) is 13.1. The van der Waals surface area contributed by atoms with Crippen molar-refractivity contribution >= 4 is 11.8 Å². The minimum absolute atomic E-state index is 0.191. The van der Waals surface area contributed by atoms with Crippen molar-refractivity contribution < 1.29 is 22.7 Å². The number of benzene rings is 1. The van der Waals surface area contributed by atoms with Crippen molar-refractivity contribution in [3.63, 3.8) is 0 Å². The van der Waals surface area contributed by atoms with Crippen molar-refractivity contribution in [2.75, 3.05) is 18.0 Å². The number of amides is 1. The van der Waals surface area contributed by atoms with Crippen LogP contribution in [-0.4, -0.2) is 30.8 Å². The van der Waals surface area contributed by atoms with Crippen molar-refractivity contribution in [2.45, 2.75) is 38.8 Å². The maximum atomic E-state index is 13.8. The lowest BCUT2D eigenvalue weighted by Crippen LogP contribution is -2.40. The Labute approximate surface area is 127 Å². The Balaban J connectivity index is 2.02. The minimum atomic E-state index is -1.21. The first kappa shape index (κ1) is 16.5. The Hall–Kier alpha value is -1.92. The molecule has 1 fully saturated rings. The van der Waals surface area contributed by atoms with Crippen molar-refractivity contribution in [2.24, 2.45) is 0 Å². The van der Waals surface area contributed by atoms with Gasteiger partial charge < -0.3 is 15.0 Å². The Bertz CT molecular complexity index is 573. The second-order valence-corrected chi connectivity index (χ2v) is 6.27. The summed E-state index contributed by atoms with van der Waals surface area (Å²) in [7, 11) is 0. The van der Waals surface area contributed by atoms with Gasteiger partial charge in [-0.2, -0.15) is 0 Å². The quantitative estimate of drug-likeness (QED) is 0.852. The molecule has 2 rings (SSSR count). The highest BCUT2D eigenvalue weighted by Crippen LogP contribution is 2.28. The third-order valence-electron chi connectivity index (χ3n) is 3.25. The highest BCUT2D eigenvalue weighted by Gasteiger charge is 2.30. The van der Waals surface area contributed by atoms with E-state index in [1.165, 1.54) is 4.90 Å². The molecular formula is C15H19F3N2O2. The maximum Gasteiger partial charge on any atom is 0.407 e. The van der Waals surface area contributed by atoms with Crippen molar-refractivity contribution in [1.29, 1.82) is 0 Å². The molecule has 0 unspecified atom stereocenters. The lowest BCUT2D eigenvalue weighted by Gasteiger charge is -2.23. The van der Waals surface area contributed by atoms with Crippen LogP contribution < -0.4 is 10.2 Å². The first-order chi connectivity index (χ1) is 10.2. The van der Waals surface area contributed by atoms with Gasteiger partial charge in [0, 0.05) is 13.1 Å². The van der Waals surface area contributed by atoms with Crippen molar-refractivity contribution in [3.8, 4) is 0 Å². The molecule has 1 aliphatic heterocycles. The number of carbonyl (C=O) groups is 1. The summed E-state index contributed by atoms with van der Waals surface area (Å²) in [5.41, 5.74) is -1.02. The van der Waals surface area contributed by atoms with Crippen molar-refractivity contribution in [1.82, 2.24) is 5.32 Å². The molecule has 0 aromatic heterocycles. The van der Waals surface area contributed by atoms with Gasteiger partial charge in [0.2, 0.25) is 0 Å². The standard InChI is InChI=1S/C15H19F3N2O2/c1-15(2,3)22-14(21)19-9-6-7-20(8-9)13-11(17)5-4-10(16)12(13)18/h4-5,9H,6-8H2,1-3H3,(H,19,21)/t9-/m0/s1. The van der Waals surface area contributed by atoms with Crippen LogP contribution in [0.4, 0.5) is 23.7 Å². The number of nitrogens with zero attached hydrogens (tertiary/aromatic N) is 1. The topological polar surface area (TPSA) is 41.6 Å². The summed E-state index contributed by atoms with van der Waals surface area (Å²) >= 11 is 0. The summed E-state index contributed by atoms with van der Waals surface area (Å²) in [5.74, 6) is -3.13. The lowest BCUT2D eigenvalue weighted by molar-refractivity contribution is 0.0509. The van der Waals surface area contributed by atoms with E-state index in [1.807, 2.05) is 0 Å². The number of alkyl carbamates (subject to hydrolysis) is 1. The van der Waals surface area contributed by atoms with E-state index >= 15 is 0 Å². The Kier molecular flexibility index (Phi) is 4.53. The molecule has 1 amide bonds. The number of anilines is 1. The smallest absolute Gasteiger partial charge is 0.407 e. The largest absolute Gasteiger partial charge is 0.444 e. The molecule has 122 valence electrons. The first-order valence-corrected chi connectivity index (χ1v) is 7.05. The number of rotatable bonds is 2. The van der Waals surface area contributed by atoms with E-state index in [2.05, 4.69) is 5.32 Å². The molecule has 1 atom stereocenters. The predicted octanol–water partition coefficient (Wildman–Crippen LogP) is 3.21. The minimum Gasteiger partial charge on any atom is -0.444 e. The van der Waals surface area contributed by atoms with Gasteiger partial charge in [0.05, 0.1) is 6.04 Å². The maximum absolute atomic E-state index is 13.8. The zero-order valence-electron chi connectivity index (χ0n) is 12.8. The molecule has 22 heavy (non-hydrogen) atoms. The van der Waals surface area contributed by atoms with Gasteiger partial charge in [-0.15, -0.1) is 0 Å². The predicted molar refractivity (Wildman–Crippen MR) is 76.3 cm³/mol. The van der Waals surface area contributed by atoms with Crippen LogP contribution in [0.2, 0.25) is 0 Å². The molecule has 0 bridgehead atoms. The van der Waals surface area contributed by atoms with Gasteiger partial charge in [0.25, 0.3) is 0 Å². The van der Waals surface area contributed by atoms with Crippen LogP contribution in [-0.2, 0) is 4.74 Å². The van der Waals surface area contributed by atoms with E-state index in [4.69, 9.17) is 4.74 Å². The molecule has 0 radical (unpaired) electrons. The SMILES string of the molecule is CC(C)(C)OC(=O)N[C@H]1CCN(c2c(F)ccc(F)c2F)C1. The van der Waals surface area contributed by atoms with Crippen LogP contribution in [0.15, 0.2) is 12.1 Å². The lowest BCUT2D eigenvalue weighted by atomic mass is 10.2. The zero-order valence-corrected chi connectivity index (χ0v) is 12.8. The Morgan fingerprint density at radius 2 is 1.91 bits per heavy atom. The first-order valence-electron chi connectivity index (χ1n) is 7.05. The molecule has 1 aromatic carbocycles. The molecule has 0 aliphatic carbocycles. The molecule has 1 aromatic rings. The molecule has 0 spiro atoms. The van der Waals surface area contributed by atoms with Crippen LogP contribution in [0.25, 0.3) is 0 Å². The fourth-order valence-electron chi connectivity index (χ4n) is 2.36. The van der Waals surface area contributed by atoms with E-state index in [1.54, 1.807) is 20.8 Å². The van der Waals surface area contributed by atoms with E-state index < -0.39 is 34.8 Å². The number of hydrogen-bond donors (Lipinski definition) is 1. The van der Waals surface area contributed by atoms with E-state index in [-0.39, 0.29) is 12.6 Å². The Morgan fingerprint density at radius 1 is 1.27 bits per heavy atom. The second kappa shape index (κ2) is 6.06. The monoisotopic (exact) mass is 316 g/mol. The summed E-state index contributed by atoms with van der Waals surface area (Å²) in [6.07, 6.45) is -0.0891. The van der Waals surface area contributed by atoms with Crippen LogP contribution in [0, 0.1) is 17.5 Å². The average molecular weight is 316 g/mol. The summed E-state index contributed by atoms with van der Waals surface area (Å²) in [6, 6.07) is 1.33. The number of nitrogens with one attached hydrogen (secondary N) is 1. The van der Waals surface area contributed by atoms with Gasteiger partial charge in [-0.05, 0) is 39.3 Å². The normalized spacial score (nSPS) is 18.5. The number of hydrogen-bond acceptors (Lipinski definition) is 3. The molecular weight excluding hydrogens is 297 g/mol. The molecule has 1 saturated heterocycles. The highest BCUT2D eigenvalue weighted by atomic mass is 19.2. The fourth-order valence-corrected chi connectivity index (χ4v) is 2.36. The van der Waals surface area contributed by atoms with E-state index in [0.29, 0.717) is 13.0 Å². The highest BCUT2D eigenvalue weighted by molar-refractivity contribution is 5.68. The van der Waals surface area contributed by atoms with Crippen LogP contribution in [0.3, 0.4) is 0 Å². The zero-order chi connectivity index (χ0) is 16.5. The average Bonchev–Trinajstić information content (AvgIpc) is 2.80. The van der Waals surface area contributed by atoms with Crippen LogP contribution in [0.1, 0.15) is 27.2 Å². The van der Waals surface area contributed by atoms with Crippen molar-refractivity contribution in [3.05, 3.63) is 29.6 Å². The van der Waals surface area contributed by atoms with Gasteiger partial charge in [-0.3, -0.25) is 0 Å². The number of carbonyl (C=O) groups excluding carboxylic acids is 1. The van der Waals surface area contributed by atoms with Crippen LogP contribution >= 0.6 is 0 Å². The summed E-state index contributed by atoms with van der Waals surface area (Å²) in [5, 5.41) is 2.65. The number of ether oxygens (including phenoxy) is 1.